The summed E-state index contributed by atoms with van der Waals surface area (Å²) in [5.41, 5.74) is 10.6. The van der Waals surface area contributed by atoms with Gasteiger partial charge < -0.3 is 10.5 Å². The van der Waals surface area contributed by atoms with E-state index in [0.717, 1.165) is 50.7 Å². The third-order valence-electron chi connectivity index (χ3n) is 8.43. The van der Waals surface area contributed by atoms with E-state index in [0.29, 0.717) is 17.8 Å². The van der Waals surface area contributed by atoms with Crippen LogP contribution in [0.3, 0.4) is 0 Å². The van der Waals surface area contributed by atoms with Gasteiger partial charge in [0, 0.05) is 24.5 Å². The molecule has 0 aromatic rings. The molecule has 6 heteroatoms. The lowest BCUT2D eigenvalue weighted by Crippen LogP contribution is -2.50. The van der Waals surface area contributed by atoms with Gasteiger partial charge in [-0.15, -0.1) is 0 Å². The van der Waals surface area contributed by atoms with E-state index in [4.69, 9.17) is 10.5 Å². The zero-order chi connectivity index (χ0) is 20.1. The Kier molecular flexibility index (Phi) is 4.79. The fraction of sp³-hybridized carbons (Fsp3) is 0.773. The average Bonchev–Trinajstić information content (AvgIpc) is 2.96. The molecule has 6 unspecified atom stereocenters. The number of carbonyl (C=O) groups excluding carboxylic acids is 2. The van der Waals surface area contributed by atoms with Crippen molar-refractivity contribution in [3.8, 4) is 0 Å². The molecule has 3 fully saturated rings. The second-order valence-corrected chi connectivity index (χ2v) is 9.76. The molecule has 0 heterocycles. The fourth-order valence-electron chi connectivity index (χ4n) is 7.06. The van der Waals surface area contributed by atoms with Gasteiger partial charge in [-0.1, -0.05) is 25.5 Å². The first-order valence-electron chi connectivity index (χ1n) is 10.7. The van der Waals surface area contributed by atoms with Crippen LogP contribution >= 0.6 is 0 Å². The number of urea groups is 1. The smallest absolute Gasteiger partial charge is 0.332 e. The van der Waals surface area contributed by atoms with Crippen LogP contribution in [0, 0.1) is 28.6 Å². The number of hydrazone groups is 1. The van der Waals surface area contributed by atoms with E-state index < -0.39 is 6.03 Å². The maximum Gasteiger partial charge on any atom is 0.332 e. The molecule has 6 atom stereocenters. The molecule has 4 aliphatic carbocycles. The molecule has 0 aromatic carbocycles. The molecule has 0 bridgehead atoms. The van der Waals surface area contributed by atoms with E-state index in [1.807, 2.05) is 0 Å². The van der Waals surface area contributed by atoms with Crippen LogP contribution in [-0.4, -0.2) is 23.8 Å². The van der Waals surface area contributed by atoms with Gasteiger partial charge in [0.15, 0.2) is 0 Å². The molecule has 28 heavy (non-hydrogen) atoms. The molecule has 0 radical (unpaired) electrons. The van der Waals surface area contributed by atoms with Gasteiger partial charge in [-0.2, -0.15) is 5.10 Å². The van der Waals surface area contributed by atoms with Crippen molar-refractivity contribution >= 4 is 17.7 Å². The average molecular weight is 388 g/mol. The van der Waals surface area contributed by atoms with E-state index in [2.05, 4.69) is 30.5 Å². The Hall–Kier alpha value is -1.85. The number of hydrogen-bond donors (Lipinski definition) is 2. The van der Waals surface area contributed by atoms with Crippen LogP contribution in [0.25, 0.3) is 0 Å². The van der Waals surface area contributed by atoms with Crippen LogP contribution in [0.2, 0.25) is 0 Å². The van der Waals surface area contributed by atoms with E-state index in [-0.39, 0.29) is 22.9 Å². The molecule has 0 aromatic heterocycles. The first kappa shape index (κ1) is 19.5. The van der Waals surface area contributed by atoms with E-state index in [9.17, 15) is 9.59 Å². The second-order valence-electron chi connectivity index (χ2n) is 9.76. The zero-order valence-corrected chi connectivity index (χ0v) is 17.3. The van der Waals surface area contributed by atoms with Gasteiger partial charge in [0.05, 0.1) is 0 Å². The molecule has 0 saturated heterocycles. The predicted molar refractivity (Wildman–Crippen MR) is 107 cm³/mol. The molecule has 3 saturated carbocycles. The lowest BCUT2D eigenvalue weighted by atomic mass is 9.48. The Balaban J connectivity index is 1.56. The Morgan fingerprint density at radius 1 is 1.18 bits per heavy atom. The normalized spacial score (nSPS) is 43.4. The third-order valence-corrected chi connectivity index (χ3v) is 8.43. The number of allylic oxidation sites excluding steroid dienone is 1. The molecule has 4 rings (SSSR count). The van der Waals surface area contributed by atoms with Gasteiger partial charge >= 0.3 is 12.0 Å². The lowest BCUT2D eigenvalue weighted by molar-refractivity contribution is -0.148. The largest absolute Gasteiger partial charge is 0.462 e. The monoisotopic (exact) mass is 387 g/mol. The van der Waals surface area contributed by atoms with Crippen molar-refractivity contribution in [1.29, 1.82) is 0 Å². The van der Waals surface area contributed by atoms with E-state index >= 15 is 0 Å². The number of amides is 2. The Labute approximate surface area is 167 Å². The number of nitrogens with one attached hydrogen (secondary N) is 1. The second kappa shape index (κ2) is 6.89. The maximum absolute atomic E-state index is 11.4. The molecule has 6 nitrogen and oxygen atoms in total. The number of carbonyl (C=O) groups is 2. The van der Waals surface area contributed by atoms with E-state index in [1.165, 1.54) is 18.9 Å². The van der Waals surface area contributed by atoms with Gasteiger partial charge in [-0.3, -0.25) is 4.79 Å². The summed E-state index contributed by atoms with van der Waals surface area (Å²) in [6.07, 6.45) is 11.0. The van der Waals surface area contributed by atoms with Gasteiger partial charge in [-0.05, 0) is 68.1 Å². The standard InChI is InChI=1S/C22H33N3O3/c1-13(26)28-15-8-10-21(2)14(12-15)4-5-16-17-6-7-19(24-25-20(23)27)22(17,3)11-9-18(16)21/h4,15-18H,5-12H2,1-3H3,(H3,23,25,27)/b24-19+. The highest BCUT2D eigenvalue weighted by molar-refractivity contribution is 5.93. The number of nitrogens with zero attached hydrogens (tertiary/aromatic N) is 1. The fourth-order valence-corrected chi connectivity index (χ4v) is 7.06. The van der Waals surface area contributed by atoms with Gasteiger partial charge in [0.2, 0.25) is 0 Å². The molecular weight excluding hydrogens is 354 g/mol. The minimum Gasteiger partial charge on any atom is -0.462 e. The number of primary amides is 1. The highest BCUT2D eigenvalue weighted by Gasteiger charge is 2.58. The van der Waals surface area contributed by atoms with Crippen LogP contribution in [0.15, 0.2) is 16.8 Å². The van der Waals surface area contributed by atoms with Crippen molar-refractivity contribution in [3.05, 3.63) is 11.6 Å². The van der Waals surface area contributed by atoms with Crippen LogP contribution < -0.4 is 11.2 Å². The van der Waals surface area contributed by atoms with Crippen LogP contribution in [-0.2, 0) is 9.53 Å². The minimum absolute atomic E-state index is 0.0484. The number of ether oxygens (including phenoxy) is 1. The maximum atomic E-state index is 11.4. The third kappa shape index (κ3) is 3.05. The van der Waals surface area contributed by atoms with Crippen molar-refractivity contribution in [2.24, 2.45) is 39.4 Å². The Morgan fingerprint density at radius 3 is 2.61 bits per heavy atom. The van der Waals surface area contributed by atoms with Crippen molar-refractivity contribution in [1.82, 2.24) is 5.43 Å². The molecular formula is C22H33N3O3. The summed E-state index contributed by atoms with van der Waals surface area (Å²) in [7, 11) is 0. The molecule has 4 aliphatic rings. The van der Waals surface area contributed by atoms with E-state index in [1.54, 1.807) is 0 Å². The summed E-state index contributed by atoms with van der Waals surface area (Å²) in [6.45, 7) is 6.29. The van der Waals surface area contributed by atoms with Crippen LogP contribution in [0.1, 0.15) is 72.1 Å². The molecule has 154 valence electrons. The number of fused-ring (bicyclic) bond motifs is 5. The summed E-state index contributed by atoms with van der Waals surface area (Å²) in [5, 5.41) is 4.38. The molecule has 0 spiro atoms. The number of nitrogens with two attached hydrogens (primary N) is 1. The highest BCUT2D eigenvalue weighted by Crippen LogP contribution is 2.64. The number of esters is 1. The first-order chi connectivity index (χ1) is 13.2. The highest BCUT2D eigenvalue weighted by atomic mass is 16.5. The summed E-state index contributed by atoms with van der Waals surface area (Å²) in [4.78, 5) is 22.5. The van der Waals surface area contributed by atoms with Crippen molar-refractivity contribution in [2.75, 3.05) is 0 Å². The predicted octanol–water partition coefficient (Wildman–Crippen LogP) is 3.91. The lowest BCUT2D eigenvalue weighted by Gasteiger charge is -2.57. The topological polar surface area (TPSA) is 93.8 Å². The van der Waals surface area contributed by atoms with Gasteiger partial charge in [0.1, 0.15) is 6.10 Å². The number of rotatable bonds is 2. The quantitative estimate of drug-likeness (QED) is 0.427. The zero-order valence-electron chi connectivity index (χ0n) is 17.3. The first-order valence-corrected chi connectivity index (χ1v) is 10.7. The number of hydrogen-bond acceptors (Lipinski definition) is 4. The molecule has 0 aliphatic heterocycles. The summed E-state index contributed by atoms with van der Waals surface area (Å²) < 4.78 is 5.53. The summed E-state index contributed by atoms with van der Waals surface area (Å²) in [5.74, 6) is 1.80. The van der Waals surface area contributed by atoms with Crippen molar-refractivity contribution < 1.29 is 14.3 Å². The Morgan fingerprint density at radius 2 is 1.89 bits per heavy atom. The Bertz CT molecular complexity index is 745. The van der Waals surface area contributed by atoms with Crippen molar-refractivity contribution in [3.63, 3.8) is 0 Å². The summed E-state index contributed by atoms with van der Waals surface area (Å²) >= 11 is 0. The minimum atomic E-state index is -0.587. The van der Waals surface area contributed by atoms with Crippen LogP contribution in [0.5, 0.6) is 0 Å². The SMILES string of the molecule is CC(=O)OC1CCC2(C)C(=CCC3C2CCC2(C)/C(=N/NC(N)=O)CCC32)C1. The molecule has 3 N–H and O–H groups in total. The van der Waals surface area contributed by atoms with Crippen molar-refractivity contribution in [2.45, 2.75) is 78.2 Å². The van der Waals surface area contributed by atoms with Gasteiger partial charge in [0.25, 0.3) is 0 Å². The van der Waals surface area contributed by atoms with Gasteiger partial charge in [-0.25, -0.2) is 10.2 Å². The summed E-state index contributed by atoms with van der Waals surface area (Å²) in [6, 6.07) is -0.587. The van der Waals surface area contributed by atoms with Crippen LogP contribution in [0.4, 0.5) is 4.79 Å². The molecule has 2 amide bonds.